The van der Waals surface area contributed by atoms with Crippen LogP contribution in [-0.4, -0.2) is 83.2 Å². The number of fused-ring (bicyclic) bond motifs is 2. The number of nitrogens with zero attached hydrogens (tertiary/aromatic N) is 1. The molecule has 1 aliphatic heterocycles. The van der Waals surface area contributed by atoms with Crippen molar-refractivity contribution < 1.29 is 43.9 Å². The third kappa shape index (κ3) is 4.21. The Morgan fingerprint density at radius 3 is 2.62 bits per heavy atom. The lowest BCUT2D eigenvalue weighted by molar-refractivity contribution is -0.143. The molecule has 11 heteroatoms. The molecule has 3 aliphatic carbocycles. The topological polar surface area (TPSA) is 155 Å². The summed E-state index contributed by atoms with van der Waals surface area (Å²) >= 11 is 0. The fourth-order valence-corrected chi connectivity index (χ4v) is 8.04. The van der Waals surface area contributed by atoms with Gasteiger partial charge in [0.05, 0.1) is 19.3 Å². The smallest absolute Gasteiger partial charge is 0.504 e. The number of hydrogen-bond acceptors (Lipinski definition) is 9. The van der Waals surface area contributed by atoms with Crippen molar-refractivity contribution in [3.05, 3.63) is 35.1 Å². The van der Waals surface area contributed by atoms with Crippen LogP contribution in [0.4, 0.5) is 4.79 Å². The molecule has 2 fully saturated rings. The van der Waals surface area contributed by atoms with Gasteiger partial charge in [-0.25, -0.2) is 9.59 Å². The zero-order valence-electron chi connectivity index (χ0n) is 23.4. The predicted molar refractivity (Wildman–Crippen MR) is 142 cm³/mol. The van der Waals surface area contributed by atoms with Crippen molar-refractivity contribution in [3.8, 4) is 11.5 Å². The first-order chi connectivity index (χ1) is 18.9. The molecule has 5 rings (SSSR count). The largest absolute Gasteiger partial charge is 0.513 e. The Balaban J connectivity index is 1.26. The SMILES string of the molecule is COc1ccc2c(c1O)C13CC(OC(=O)OCCCC(=O)NC(C(=O)O)C(C)C)=CCC1(O)C1N(C)CC1(C2)C3. The maximum absolute atomic E-state index is 12.6. The number of nitrogens with one attached hydrogen (secondary N) is 1. The Bertz CT molecular complexity index is 1260. The molecule has 1 heterocycles. The first-order valence-electron chi connectivity index (χ1n) is 13.8. The Hall–Kier alpha value is -3.31. The van der Waals surface area contributed by atoms with Crippen molar-refractivity contribution in [1.82, 2.24) is 10.2 Å². The number of phenolic OH excluding ortho intramolecular Hbond substituents is 1. The number of ether oxygens (including phenoxy) is 3. The number of aliphatic carboxylic acids is 1. The summed E-state index contributed by atoms with van der Waals surface area (Å²) in [4.78, 5) is 38.1. The number of phenols is 1. The summed E-state index contributed by atoms with van der Waals surface area (Å²) in [5, 5.41) is 35.2. The fourth-order valence-electron chi connectivity index (χ4n) is 8.04. The number of carbonyl (C=O) groups excluding carboxylic acids is 2. The lowest BCUT2D eigenvalue weighted by atomic mass is 9.59. The van der Waals surface area contributed by atoms with E-state index in [4.69, 9.17) is 14.2 Å². The number of carbonyl (C=O) groups is 3. The quantitative estimate of drug-likeness (QED) is 0.262. The number of aliphatic hydroxyl groups is 1. The van der Waals surface area contributed by atoms with Crippen LogP contribution in [0.2, 0.25) is 0 Å². The predicted octanol–water partition coefficient (Wildman–Crippen LogP) is 2.47. The van der Waals surface area contributed by atoms with E-state index in [0.717, 1.165) is 18.5 Å². The second kappa shape index (κ2) is 9.95. The molecule has 5 atom stereocenters. The molecule has 40 heavy (non-hydrogen) atoms. The number of carboxylic acid groups (broad SMARTS) is 1. The van der Waals surface area contributed by atoms with Crippen LogP contribution in [0.15, 0.2) is 24.0 Å². The molecule has 1 saturated carbocycles. The third-order valence-corrected chi connectivity index (χ3v) is 9.34. The van der Waals surface area contributed by atoms with Crippen LogP contribution < -0.4 is 10.1 Å². The molecule has 1 saturated heterocycles. The number of methoxy groups -OCH3 is 1. The standard InChI is InChI=1S/C29H38N2O9/c1-16(2)22(24(34)35)30-20(32)6-5-11-39-26(36)40-18-9-10-29(37)25-27(15-31(25)3)12-17-7-8-19(38-4)23(33)21(17)28(29,13-18)14-27/h7-9,16,22,25,33,37H,5-6,10-15H2,1-4H3,(H,30,32)(H,34,35). The second-order valence-electron chi connectivity index (χ2n) is 12.2. The van der Waals surface area contributed by atoms with E-state index in [0.29, 0.717) is 23.5 Å². The van der Waals surface area contributed by atoms with Crippen LogP contribution in [0.3, 0.4) is 0 Å². The maximum atomic E-state index is 12.6. The van der Waals surface area contributed by atoms with E-state index in [2.05, 4.69) is 10.2 Å². The molecule has 11 nitrogen and oxygen atoms in total. The Morgan fingerprint density at radius 2 is 1.98 bits per heavy atom. The molecule has 5 unspecified atom stereocenters. The highest BCUT2D eigenvalue weighted by Gasteiger charge is 2.77. The summed E-state index contributed by atoms with van der Waals surface area (Å²) in [7, 11) is 3.50. The van der Waals surface area contributed by atoms with Crippen molar-refractivity contribution in [2.75, 3.05) is 27.3 Å². The van der Waals surface area contributed by atoms with Gasteiger partial charge in [0.2, 0.25) is 5.91 Å². The maximum Gasteiger partial charge on any atom is 0.513 e. The summed E-state index contributed by atoms with van der Waals surface area (Å²) in [6, 6.07) is 2.63. The number of rotatable bonds is 9. The summed E-state index contributed by atoms with van der Waals surface area (Å²) in [5.74, 6) is -1.09. The molecule has 4 aliphatic rings. The molecule has 1 amide bonds. The van der Waals surface area contributed by atoms with Gasteiger partial charge < -0.3 is 34.8 Å². The number of allylic oxidation sites excluding steroid dienone is 1. The van der Waals surface area contributed by atoms with Gasteiger partial charge in [0.1, 0.15) is 11.8 Å². The zero-order chi connectivity index (χ0) is 29.0. The lowest BCUT2D eigenvalue weighted by Gasteiger charge is -2.56. The summed E-state index contributed by atoms with van der Waals surface area (Å²) in [6.45, 7) is 4.17. The Labute approximate surface area is 233 Å². The van der Waals surface area contributed by atoms with E-state index >= 15 is 0 Å². The van der Waals surface area contributed by atoms with Gasteiger partial charge in [-0.1, -0.05) is 19.9 Å². The van der Waals surface area contributed by atoms with Gasteiger partial charge in [-0.15, -0.1) is 0 Å². The van der Waals surface area contributed by atoms with Crippen molar-refractivity contribution in [3.63, 3.8) is 0 Å². The van der Waals surface area contributed by atoms with Gasteiger partial charge >= 0.3 is 12.1 Å². The van der Waals surface area contributed by atoms with E-state index in [1.54, 1.807) is 26.0 Å². The molecular weight excluding hydrogens is 520 g/mol. The molecule has 1 aromatic carbocycles. The Morgan fingerprint density at radius 1 is 1.23 bits per heavy atom. The monoisotopic (exact) mass is 558 g/mol. The fraction of sp³-hybridized carbons (Fsp3) is 0.621. The molecule has 2 bridgehead atoms. The van der Waals surface area contributed by atoms with Crippen LogP contribution in [0, 0.1) is 11.3 Å². The molecular formula is C29H38N2O9. The number of benzene rings is 1. The lowest BCUT2D eigenvalue weighted by Crippen LogP contribution is -2.69. The van der Waals surface area contributed by atoms with Gasteiger partial charge in [0, 0.05) is 48.2 Å². The van der Waals surface area contributed by atoms with Crippen molar-refractivity contribution >= 4 is 18.0 Å². The van der Waals surface area contributed by atoms with Crippen LogP contribution in [0.25, 0.3) is 0 Å². The van der Waals surface area contributed by atoms with E-state index in [-0.39, 0.29) is 55.4 Å². The van der Waals surface area contributed by atoms with E-state index < -0.39 is 35.1 Å². The number of hydrogen-bond donors (Lipinski definition) is 4. The van der Waals surface area contributed by atoms with Crippen LogP contribution >= 0.6 is 0 Å². The molecule has 2 spiro atoms. The highest BCUT2D eigenvalue weighted by molar-refractivity contribution is 5.83. The Kier molecular flexibility index (Phi) is 7.02. The van der Waals surface area contributed by atoms with E-state index in [1.165, 1.54) is 7.11 Å². The van der Waals surface area contributed by atoms with Crippen LogP contribution in [0.1, 0.15) is 57.1 Å². The molecule has 218 valence electrons. The zero-order valence-corrected chi connectivity index (χ0v) is 23.4. The van der Waals surface area contributed by atoms with Crippen LogP contribution in [0.5, 0.6) is 11.5 Å². The highest BCUT2D eigenvalue weighted by Crippen LogP contribution is 2.72. The van der Waals surface area contributed by atoms with Gasteiger partial charge in [0.15, 0.2) is 11.5 Å². The average Bonchev–Trinajstić information content (AvgIpc) is 3.01. The number of carboxylic acids is 1. The number of likely N-dealkylation sites (N-methyl/N-ethyl adjacent to an activating group) is 1. The summed E-state index contributed by atoms with van der Waals surface area (Å²) < 4.78 is 16.2. The van der Waals surface area contributed by atoms with Crippen LogP contribution in [-0.2, 0) is 30.9 Å². The molecule has 4 N–H and O–H groups in total. The highest BCUT2D eigenvalue weighted by atomic mass is 16.7. The number of aromatic hydroxyl groups is 1. The normalized spacial score (nSPS) is 30.6. The van der Waals surface area contributed by atoms with Gasteiger partial charge in [0.25, 0.3) is 0 Å². The second-order valence-corrected chi connectivity index (χ2v) is 12.2. The summed E-state index contributed by atoms with van der Waals surface area (Å²) in [6.07, 6.45) is 2.87. The van der Waals surface area contributed by atoms with Crippen molar-refractivity contribution in [2.24, 2.45) is 11.3 Å². The van der Waals surface area contributed by atoms with Gasteiger partial charge in [-0.3, -0.25) is 9.69 Å². The molecule has 0 radical (unpaired) electrons. The van der Waals surface area contributed by atoms with Gasteiger partial charge in [-0.2, -0.15) is 0 Å². The van der Waals surface area contributed by atoms with E-state index in [1.807, 2.05) is 13.1 Å². The van der Waals surface area contributed by atoms with E-state index in [9.17, 15) is 29.7 Å². The van der Waals surface area contributed by atoms with Crippen molar-refractivity contribution in [1.29, 1.82) is 0 Å². The minimum absolute atomic E-state index is 0.00248. The molecule has 1 aromatic rings. The first-order valence-corrected chi connectivity index (χ1v) is 13.8. The van der Waals surface area contributed by atoms with Gasteiger partial charge in [-0.05, 0) is 49.9 Å². The van der Waals surface area contributed by atoms with Crippen molar-refractivity contribution in [2.45, 2.75) is 75.5 Å². The molecule has 0 aromatic heterocycles. The third-order valence-electron chi connectivity index (χ3n) is 9.34. The first kappa shape index (κ1) is 28.2. The summed E-state index contributed by atoms with van der Waals surface area (Å²) in [5.41, 5.74) is -0.519. The minimum Gasteiger partial charge on any atom is -0.504 e. The average molecular weight is 559 g/mol. The number of likely N-dealkylation sites (tertiary alicyclic amines) is 1. The minimum atomic E-state index is -1.16. The number of amides is 1.